The lowest BCUT2D eigenvalue weighted by atomic mass is 10.1. The Bertz CT molecular complexity index is 644. The van der Waals surface area contributed by atoms with Gasteiger partial charge in [0, 0.05) is 12.1 Å². The van der Waals surface area contributed by atoms with Gasteiger partial charge in [0.2, 0.25) is 0 Å². The Morgan fingerprint density at radius 2 is 1.77 bits per heavy atom. The molecule has 2 rings (SSSR count). The molecule has 1 atom stereocenters. The Kier molecular flexibility index (Phi) is 5.22. The van der Waals surface area contributed by atoms with Crippen LogP contribution in [0.2, 0.25) is 0 Å². The van der Waals surface area contributed by atoms with E-state index >= 15 is 0 Å². The molecule has 1 unspecified atom stereocenters. The van der Waals surface area contributed by atoms with Crippen molar-refractivity contribution in [1.29, 1.82) is 0 Å². The van der Waals surface area contributed by atoms with E-state index in [0.29, 0.717) is 6.54 Å². The van der Waals surface area contributed by atoms with Crippen LogP contribution in [-0.2, 0) is 0 Å². The second-order valence-corrected chi connectivity index (χ2v) is 5.23. The van der Waals surface area contributed by atoms with E-state index in [-0.39, 0.29) is 11.6 Å². The van der Waals surface area contributed by atoms with Gasteiger partial charge in [-0.05, 0) is 37.9 Å². The summed E-state index contributed by atoms with van der Waals surface area (Å²) in [6, 6.07) is 12.9. The first-order valence-electron chi connectivity index (χ1n) is 6.93. The predicted octanol–water partition coefficient (Wildman–Crippen LogP) is 3.00. The van der Waals surface area contributed by atoms with Crippen LogP contribution in [0.1, 0.15) is 22.0 Å². The largest absolute Gasteiger partial charge is 0.350 e. The topological polar surface area (TPSA) is 32.3 Å². The summed E-state index contributed by atoms with van der Waals surface area (Å²) in [4.78, 5) is 14.0. The zero-order chi connectivity index (χ0) is 16.1. The zero-order valence-electron chi connectivity index (χ0n) is 12.5. The second-order valence-electron chi connectivity index (χ2n) is 5.23. The monoisotopic (exact) mass is 304 g/mol. The van der Waals surface area contributed by atoms with Crippen LogP contribution < -0.4 is 5.32 Å². The Balaban J connectivity index is 2.06. The molecule has 1 N–H and O–H groups in total. The molecule has 2 aromatic rings. The third kappa shape index (κ3) is 3.89. The number of carbonyl (C=O) groups is 1. The predicted molar refractivity (Wildman–Crippen MR) is 81.6 cm³/mol. The van der Waals surface area contributed by atoms with Crippen molar-refractivity contribution >= 4 is 5.91 Å². The van der Waals surface area contributed by atoms with Crippen LogP contribution in [0.25, 0.3) is 0 Å². The molecule has 0 heterocycles. The number of nitrogens with zero attached hydrogens (tertiary/aromatic N) is 1. The lowest BCUT2D eigenvalue weighted by Gasteiger charge is -2.25. The average Bonchev–Trinajstić information content (AvgIpc) is 2.50. The van der Waals surface area contributed by atoms with Crippen LogP contribution in [0, 0.1) is 11.6 Å². The van der Waals surface area contributed by atoms with Crippen LogP contribution in [0.15, 0.2) is 48.5 Å². The normalized spacial score (nSPS) is 12.2. The number of benzene rings is 2. The molecule has 0 saturated heterocycles. The van der Waals surface area contributed by atoms with Crippen LogP contribution in [0.3, 0.4) is 0 Å². The fraction of sp³-hybridized carbons (Fsp3) is 0.235. The van der Waals surface area contributed by atoms with Gasteiger partial charge >= 0.3 is 0 Å². The lowest BCUT2D eigenvalue weighted by Crippen LogP contribution is -2.34. The van der Waals surface area contributed by atoms with Crippen molar-refractivity contribution < 1.29 is 13.6 Å². The minimum atomic E-state index is -1.03. The van der Waals surface area contributed by atoms with Crippen molar-refractivity contribution in [2.75, 3.05) is 20.6 Å². The number of rotatable bonds is 5. The summed E-state index contributed by atoms with van der Waals surface area (Å²) in [5, 5.41) is 2.76. The fourth-order valence-electron chi connectivity index (χ4n) is 2.20. The first-order chi connectivity index (χ1) is 10.5. The van der Waals surface area contributed by atoms with Gasteiger partial charge in [-0.15, -0.1) is 0 Å². The van der Waals surface area contributed by atoms with E-state index in [0.717, 1.165) is 17.7 Å². The minimum absolute atomic E-state index is 0.00422. The second kappa shape index (κ2) is 7.13. The molecule has 0 aliphatic carbocycles. The third-order valence-corrected chi connectivity index (χ3v) is 3.45. The van der Waals surface area contributed by atoms with Crippen LogP contribution >= 0.6 is 0 Å². The van der Waals surface area contributed by atoms with E-state index in [2.05, 4.69) is 5.32 Å². The highest BCUT2D eigenvalue weighted by atomic mass is 19.2. The van der Waals surface area contributed by atoms with Crippen molar-refractivity contribution in [3.05, 3.63) is 71.3 Å². The van der Waals surface area contributed by atoms with Gasteiger partial charge < -0.3 is 10.2 Å². The maximum Gasteiger partial charge on any atom is 0.251 e. The van der Waals surface area contributed by atoms with E-state index in [4.69, 9.17) is 0 Å². The van der Waals surface area contributed by atoms with Gasteiger partial charge in [0.15, 0.2) is 11.6 Å². The van der Waals surface area contributed by atoms with Crippen molar-refractivity contribution in [2.45, 2.75) is 6.04 Å². The molecule has 0 aliphatic rings. The minimum Gasteiger partial charge on any atom is -0.350 e. The van der Waals surface area contributed by atoms with Gasteiger partial charge in [-0.2, -0.15) is 0 Å². The van der Waals surface area contributed by atoms with E-state index in [1.807, 2.05) is 49.3 Å². The maximum absolute atomic E-state index is 13.2. The summed E-state index contributed by atoms with van der Waals surface area (Å²) in [5.74, 6) is -2.42. The SMILES string of the molecule is CN(C)C(CNC(=O)c1ccc(F)c(F)c1)c1ccccc1. The molecular formula is C17H18F2N2O. The van der Waals surface area contributed by atoms with Gasteiger partial charge in [0.1, 0.15) is 0 Å². The highest BCUT2D eigenvalue weighted by Crippen LogP contribution is 2.17. The first kappa shape index (κ1) is 16.1. The number of nitrogens with one attached hydrogen (secondary N) is 1. The van der Waals surface area contributed by atoms with Gasteiger partial charge in [-0.25, -0.2) is 8.78 Å². The van der Waals surface area contributed by atoms with Crippen LogP contribution in [0.4, 0.5) is 8.78 Å². The zero-order valence-corrected chi connectivity index (χ0v) is 12.5. The van der Waals surface area contributed by atoms with Crippen molar-refractivity contribution in [3.63, 3.8) is 0 Å². The molecule has 116 valence electrons. The number of halogens is 2. The van der Waals surface area contributed by atoms with E-state index in [1.54, 1.807) is 0 Å². The summed E-state index contributed by atoms with van der Waals surface area (Å²) in [7, 11) is 3.84. The number of amides is 1. The number of likely N-dealkylation sites (N-methyl/N-ethyl adjacent to an activating group) is 1. The summed E-state index contributed by atoms with van der Waals surface area (Å²) in [6.45, 7) is 0.370. The molecule has 0 bridgehead atoms. The summed E-state index contributed by atoms with van der Waals surface area (Å²) in [5.41, 5.74) is 1.17. The molecule has 1 amide bonds. The average molecular weight is 304 g/mol. The summed E-state index contributed by atoms with van der Waals surface area (Å²) >= 11 is 0. The van der Waals surface area contributed by atoms with E-state index < -0.39 is 17.5 Å². The molecule has 0 fully saturated rings. The van der Waals surface area contributed by atoms with Gasteiger partial charge in [0.25, 0.3) is 5.91 Å². The van der Waals surface area contributed by atoms with Crippen LogP contribution in [-0.4, -0.2) is 31.4 Å². The highest BCUT2D eigenvalue weighted by Gasteiger charge is 2.16. The lowest BCUT2D eigenvalue weighted by molar-refractivity contribution is 0.0941. The smallest absolute Gasteiger partial charge is 0.251 e. The van der Waals surface area contributed by atoms with Gasteiger partial charge in [0.05, 0.1) is 6.04 Å². The summed E-state index contributed by atoms with van der Waals surface area (Å²) < 4.78 is 26.1. The highest BCUT2D eigenvalue weighted by molar-refractivity contribution is 5.94. The third-order valence-electron chi connectivity index (χ3n) is 3.45. The standard InChI is InChI=1S/C17H18F2N2O/c1-21(2)16(12-6-4-3-5-7-12)11-20-17(22)13-8-9-14(18)15(19)10-13/h3-10,16H,11H2,1-2H3,(H,20,22). The van der Waals surface area contributed by atoms with Crippen molar-refractivity contribution in [1.82, 2.24) is 10.2 Å². The molecule has 3 nitrogen and oxygen atoms in total. The Hall–Kier alpha value is -2.27. The van der Waals surface area contributed by atoms with E-state index in [9.17, 15) is 13.6 Å². The van der Waals surface area contributed by atoms with Crippen molar-refractivity contribution in [3.8, 4) is 0 Å². The molecule has 0 aromatic heterocycles. The molecule has 0 aliphatic heterocycles. The quantitative estimate of drug-likeness (QED) is 0.921. The van der Waals surface area contributed by atoms with Crippen molar-refractivity contribution in [2.24, 2.45) is 0 Å². The number of hydrogen-bond acceptors (Lipinski definition) is 2. The molecule has 0 saturated carbocycles. The molecule has 2 aromatic carbocycles. The Labute approximate surface area is 128 Å². The van der Waals surface area contributed by atoms with Crippen LogP contribution in [0.5, 0.6) is 0 Å². The van der Waals surface area contributed by atoms with Gasteiger partial charge in [-0.1, -0.05) is 30.3 Å². The molecule has 0 radical (unpaired) electrons. The van der Waals surface area contributed by atoms with E-state index in [1.165, 1.54) is 6.07 Å². The number of carbonyl (C=O) groups excluding carboxylic acids is 1. The molecule has 0 spiro atoms. The fourth-order valence-corrected chi connectivity index (χ4v) is 2.20. The maximum atomic E-state index is 13.2. The molecule has 5 heteroatoms. The Morgan fingerprint density at radius 1 is 1.09 bits per heavy atom. The number of hydrogen-bond donors (Lipinski definition) is 1. The molecular weight excluding hydrogens is 286 g/mol. The first-order valence-corrected chi connectivity index (χ1v) is 6.93. The molecule has 22 heavy (non-hydrogen) atoms. The van der Waals surface area contributed by atoms with Gasteiger partial charge in [-0.3, -0.25) is 4.79 Å². The Morgan fingerprint density at radius 3 is 2.36 bits per heavy atom. The summed E-state index contributed by atoms with van der Waals surface area (Å²) in [6.07, 6.45) is 0.